The van der Waals surface area contributed by atoms with Gasteiger partial charge >= 0.3 is 12.1 Å². The standard InChI is InChI=1S/C9H11F3N4O2/c1-13-5-3-6(14-4-7(17)18-2)16-8(15-5)9(10,11)12/h3H,4H2,1-2H3,(H2,13,14,15,16). The summed E-state index contributed by atoms with van der Waals surface area (Å²) in [6, 6.07) is 1.25. The topological polar surface area (TPSA) is 76.1 Å². The number of aromatic nitrogens is 2. The van der Waals surface area contributed by atoms with Crippen molar-refractivity contribution in [3.63, 3.8) is 0 Å². The molecule has 100 valence electrons. The van der Waals surface area contributed by atoms with E-state index in [2.05, 4.69) is 25.3 Å². The van der Waals surface area contributed by atoms with Gasteiger partial charge in [0.25, 0.3) is 0 Å². The predicted octanol–water partition coefficient (Wildman–Crippen LogP) is 1.12. The lowest BCUT2D eigenvalue weighted by Gasteiger charge is -2.10. The molecule has 1 heterocycles. The number of esters is 1. The van der Waals surface area contributed by atoms with Crippen molar-refractivity contribution < 1.29 is 22.7 Å². The molecule has 0 atom stereocenters. The minimum absolute atomic E-state index is 0.00955. The van der Waals surface area contributed by atoms with Gasteiger partial charge in [0.15, 0.2) is 0 Å². The van der Waals surface area contributed by atoms with Gasteiger partial charge in [-0.1, -0.05) is 0 Å². The molecule has 0 fully saturated rings. The molecule has 6 nitrogen and oxygen atoms in total. The number of nitrogens with zero attached hydrogens (tertiary/aromatic N) is 2. The number of rotatable bonds is 4. The van der Waals surface area contributed by atoms with E-state index in [0.29, 0.717) is 0 Å². The molecule has 0 unspecified atom stereocenters. The monoisotopic (exact) mass is 264 g/mol. The lowest BCUT2D eigenvalue weighted by atomic mass is 10.4. The molecule has 0 amide bonds. The third-order valence-electron chi connectivity index (χ3n) is 1.88. The Morgan fingerprint density at radius 2 is 2.00 bits per heavy atom. The van der Waals surface area contributed by atoms with E-state index in [4.69, 9.17) is 0 Å². The average Bonchev–Trinajstić information content (AvgIpc) is 2.34. The van der Waals surface area contributed by atoms with Crippen LogP contribution in [0.3, 0.4) is 0 Å². The Balaban J connectivity index is 2.94. The van der Waals surface area contributed by atoms with E-state index in [9.17, 15) is 18.0 Å². The Morgan fingerprint density at radius 3 is 2.50 bits per heavy atom. The highest BCUT2D eigenvalue weighted by atomic mass is 19.4. The number of ether oxygens (including phenoxy) is 1. The van der Waals surface area contributed by atoms with E-state index in [0.717, 1.165) is 0 Å². The van der Waals surface area contributed by atoms with Crippen LogP contribution in [-0.2, 0) is 15.7 Å². The van der Waals surface area contributed by atoms with E-state index < -0.39 is 18.0 Å². The van der Waals surface area contributed by atoms with E-state index in [1.165, 1.54) is 20.2 Å². The Hall–Kier alpha value is -2.06. The number of carbonyl (C=O) groups excluding carboxylic acids is 1. The van der Waals surface area contributed by atoms with E-state index in [1.54, 1.807) is 0 Å². The number of anilines is 2. The quantitative estimate of drug-likeness (QED) is 0.794. The molecule has 0 aromatic carbocycles. The molecule has 1 rings (SSSR count). The Kier molecular flexibility index (Phi) is 4.29. The van der Waals surface area contributed by atoms with Crippen LogP contribution in [0.4, 0.5) is 24.8 Å². The summed E-state index contributed by atoms with van der Waals surface area (Å²) >= 11 is 0. The molecule has 0 spiro atoms. The van der Waals surface area contributed by atoms with Crippen LogP contribution < -0.4 is 10.6 Å². The van der Waals surface area contributed by atoms with Crippen LogP contribution in [0.5, 0.6) is 0 Å². The van der Waals surface area contributed by atoms with E-state index in [1.807, 2.05) is 0 Å². The van der Waals surface area contributed by atoms with Gasteiger partial charge in [-0.3, -0.25) is 4.79 Å². The second-order valence-corrected chi connectivity index (χ2v) is 3.14. The van der Waals surface area contributed by atoms with Crippen LogP contribution in [0.2, 0.25) is 0 Å². The second-order valence-electron chi connectivity index (χ2n) is 3.14. The van der Waals surface area contributed by atoms with Gasteiger partial charge in [0.2, 0.25) is 5.82 Å². The summed E-state index contributed by atoms with van der Waals surface area (Å²) in [5.74, 6) is -2.04. The lowest BCUT2D eigenvalue weighted by Crippen LogP contribution is -2.18. The number of hydrogen-bond donors (Lipinski definition) is 2. The number of nitrogens with one attached hydrogen (secondary N) is 2. The highest BCUT2D eigenvalue weighted by Crippen LogP contribution is 2.28. The van der Waals surface area contributed by atoms with Crippen LogP contribution in [-0.4, -0.2) is 36.6 Å². The summed E-state index contributed by atoms with van der Waals surface area (Å²) in [5.41, 5.74) is 0. The summed E-state index contributed by atoms with van der Waals surface area (Å²) < 4.78 is 41.8. The van der Waals surface area contributed by atoms with Crippen LogP contribution in [0.25, 0.3) is 0 Å². The molecule has 1 aromatic heterocycles. The van der Waals surface area contributed by atoms with Crippen molar-refractivity contribution in [1.82, 2.24) is 9.97 Å². The number of hydrogen-bond acceptors (Lipinski definition) is 6. The predicted molar refractivity (Wildman–Crippen MR) is 57.1 cm³/mol. The molecule has 0 radical (unpaired) electrons. The van der Waals surface area contributed by atoms with Crippen molar-refractivity contribution in [3.05, 3.63) is 11.9 Å². The van der Waals surface area contributed by atoms with Crippen LogP contribution in [0, 0.1) is 0 Å². The summed E-state index contributed by atoms with van der Waals surface area (Å²) in [5, 5.41) is 4.89. The van der Waals surface area contributed by atoms with Gasteiger partial charge in [0.05, 0.1) is 7.11 Å². The number of methoxy groups -OCH3 is 1. The fourth-order valence-electron chi connectivity index (χ4n) is 1.03. The molecule has 1 aromatic rings. The Labute approximate surface area is 101 Å². The molecule has 0 saturated heterocycles. The van der Waals surface area contributed by atoms with Gasteiger partial charge < -0.3 is 15.4 Å². The zero-order valence-electron chi connectivity index (χ0n) is 9.63. The first-order chi connectivity index (χ1) is 8.36. The molecule has 0 aliphatic carbocycles. The van der Waals surface area contributed by atoms with Gasteiger partial charge in [-0.2, -0.15) is 13.2 Å². The number of carbonyl (C=O) groups is 1. The largest absolute Gasteiger partial charge is 0.468 e. The average molecular weight is 264 g/mol. The minimum Gasteiger partial charge on any atom is -0.468 e. The first kappa shape index (κ1) is 14.0. The van der Waals surface area contributed by atoms with Gasteiger partial charge in [0.1, 0.15) is 18.2 Å². The van der Waals surface area contributed by atoms with Crippen LogP contribution in [0.1, 0.15) is 5.82 Å². The first-order valence-corrected chi connectivity index (χ1v) is 4.81. The highest BCUT2D eigenvalue weighted by molar-refractivity contribution is 5.74. The molecule has 0 bridgehead atoms. The minimum atomic E-state index is -4.66. The summed E-state index contributed by atoms with van der Waals surface area (Å²) in [6.45, 7) is -0.284. The van der Waals surface area contributed by atoms with Gasteiger partial charge in [-0.15, -0.1) is 0 Å². The third-order valence-corrected chi connectivity index (χ3v) is 1.88. The van der Waals surface area contributed by atoms with Crippen molar-refractivity contribution in [1.29, 1.82) is 0 Å². The van der Waals surface area contributed by atoms with Gasteiger partial charge in [-0.05, 0) is 0 Å². The Morgan fingerprint density at radius 1 is 1.39 bits per heavy atom. The maximum Gasteiger partial charge on any atom is 0.451 e. The normalized spacial score (nSPS) is 10.9. The van der Waals surface area contributed by atoms with Crippen molar-refractivity contribution in [2.75, 3.05) is 31.3 Å². The molecule has 0 aliphatic heterocycles. The first-order valence-electron chi connectivity index (χ1n) is 4.81. The summed E-state index contributed by atoms with van der Waals surface area (Å²) in [7, 11) is 2.59. The maximum absolute atomic E-state index is 12.5. The van der Waals surface area contributed by atoms with Crippen molar-refractivity contribution in [2.24, 2.45) is 0 Å². The van der Waals surface area contributed by atoms with Gasteiger partial charge in [-0.25, -0.2) is 9.97 Å². The maximum atomic E-state index is 12.5. The lowest BCUT2D eigenvalue weighted by molar-refractivity contribution is -0.144. The van der Waals surface area contributed by atoms with Crippen LogP contribution in [0.15, 0.2) is 6.07 Å². The third kappa shape index (κ3) is 3.75. The van der Waals surface area contributed by atoms with Crippen molar-refractivity contribution in [2.45, 2.75) is 6.18 Å². The van der Waals surface area contributed by atoms with E-state index >= 15 is 0 Å². The molecule has 0 aliphatic rings. The zero-order valence-corrected chi connectivity index (χ0v) is 9.63. The highest BCUT2D eigenvalue weighted by Gasteiger charge is 2.35. The van der Waals surface area contributed by atoms with Crippen molar-refractivity contribution >= 4 is 17.6 Å². The van der Waals surface area contributed by atoms with E-state index in [-0.39, 0.29) is 18.2 Å². The summed E-state index contributed by atoms with van der Waals surface area (Å²) in [4.78, 5) is 17.4. The smallest absolute Gasteiger partial charge is 0.451 e. The molecule has 9 heteroatoms. The molecule has 18 heavy (non-hydrogen) atoms. The Bertz CT molecular complexity index is 436. The van der Waals surface area contributed by atoms with Crippen molar-refractivity contribution in [3.8, 4) is 0 Å². The summed E-state index contributed by atoms with van der Waals surface area (Å²) in [6.07, 6.45) is -4.66. The van der Waals surface area contributed by atoms with Crippen LogP contribution >= 0.6 is 0 Å². The fraction of sp³-hybridized carbons (Fsp3) is 0.444. The number of alkyl halides is 3. The molecular formula is C9H11F3N4O2. The zero-order chi connectivity index (χ0) is 13.8. The second kappa shape index (κ2) is 5.52. The molecular weight excluding hydrogens is 253 g/mol. The molecule has 2 N–H and O–H groups in total. The molecule has 0 saturated carbocycles. The fourth-order valence-corrected chi connectivity index (χ4v) is 1.03. The number of halogens is 3. The van der Waals surface area contributed by atoms with Gasteiger partial charge in [0, 0.05) is 13.1 Å². The SMILES string of the molecule is CNc1cc(NCC(=O)OC)nc(C(F)(F)F)n1.